The fourth-order valence-electron chi connectivity index (χ4n) is 1.52. The number of pyridine rings is 1. The molecule has 0 fully saturated rings. The molecule has 1 N–H and O–H groups in total. The molecule has 2 rings (SSSR count). The summed E-state index contributed by atoms with van der Waals surface area (Å²) in [5.41, 5.74) is 0. The molecule has 5 heteroatoms. The molecule has 0 aliphatic rings. The van der Waals surface area contributed by atoms with Crippen molar-refractivity contribution in [3.05, 3.63) is 23.7 Å². The molecule has 0 bridgehead atoms. The second-order valence-corrected chi connectivity index (χ2v) is 6.05. The van der Waals surface area contributed by atoms with Gasteiger partial charge >= 0.3 is 0 Å². The first-order valence-electron chi connectivity index (χ1n) is 5.13. The lowest BCUT2D eigenvalue weighted by Crippen LogP contribution is -2.07. The first-order valence-corrected chi connectivity index (χ1v) is 7.74. The second-order valence-electron chi connectivity index (χ2n) is 3.55. The fourth-order valence-corrected chi connectivity index (χ4v) is 2.85. The van der Waals surface area contributed by atoms with Crippen LogP contribution in [0.25, 0.3) is 10.1 Å². The minimum Gasteiger partial charge on any atom is -0.370 e. The number of anilines is 1. The zero-order valence-electron chi connectivity index (χ0n) is 9.10. The maximum Gasteiger partial charge on any atom is 0.134 e. The Kier molecular flexibility index (Phi) is 3.90. The molecular weight excluding hydrogens is 240 g/mol. The lowest BCUT2D eigenvalue weighted by molar-refractivity contribution is 0.685. The zero-order chi connectivity index (χ0) is 11.4. The minimum absolute atomic E-state index is 0.701. The van der Waals surface area contributed by atoms with Crippen molar-refractivity contribution in [2.75, 3.05) is 23.9 Å². The average Bonchev–Trinajstić information content (AvgIpc) is 2.72. The molecule has 2 heterocycles. The van der Waals surface area contributed by atoms with Crippen LogP contribution in [0.2, 0.25) is 0 Å². The van der Waals surface area contributed by atoms with E-state index in [1.165, 1.54) is 10.1 Å². The predicted molar refractivity (Wildman–Crippen MR) is 71.7 cm³/mol. The summed E-state index contributed by atoms with van der Waals surface area (Å²) in [4.78, 5) is 4.32. The predicted octanol–water partition coefficient (Wildman–Crippen LogP) is 2.48. The lowest BCUT2D eigenvalue weighted by atomic mass is 10.3. The van der Waals surface area contributed by atoms with E-state index in [1.54, 1.807) is 17.6 Å². The van der Waals surface area contributed by atoms with E-state index in [9.17, 15) is 4.21 Å². The van der Waals surface area contributed by atoms with Crippen LogP contribution in [0.4, 0.5) is 5.82 Å². The van der Waals surface area contributed by atoms with Gasteiger partial charge in [0.05, 0.1) is 0 Å². The second kappa shape index (κ2) is 5.41. The summed E-state index contributed by atoms with van der Waals surface area (Å²) in [5, 5.41) is 6.53. The summed E-state index contributed by atoms with van der Waals surface area (Å²) in [6.07, 6.45) is 4.46. The Balaban J connectivity index is 1.98. The van der Waals surface area contributed by atoms with Crippen LogP contribution < -0.4 is 5.32 Å². The summed E-state index contributed by atoms with van der Waals surface area (Å²) in [5.74, 6) is 1.67. The highest BCUT2D eigenvalue weighted by Gasteiger charge is 2.02. The maximum absolute atomic E-state index is 10.9. The molecule has 2 aromatic rings. The molecule has 86 valence electrons. The van der Waals surface area contributed by atoms with Crippen LogP contribution in [-0.4, -0.2) is 27.7 Å². The third-order valence-electron chi connectivity index (χ3n) is 2.28. The van der Waals surface area contributed by atoms with Crippen molar-refractivity contribution in [2.45, 2.75) is 6.42 Å². The number of nitrogens with zero attached hydrogens (tertiary/aromatic N) is 1. The van der Waals surface area contributed by atoms with Crippen molar-refractivity contribution < 1.29 is 4.21 Å². The monoisotopic (exact) mass is 254 g/mol. The van der Waals surface area contributed by atoms with E-state index in [0.717, 1.165) is 24.5 Å². The van der Waals surface area contributed by atoms with Gasteiger partial charge in [0.1, 0.15) is 5.82 Å². The van der Waals surface area contributed by atoms with Gasteiger partial charge in [-0.2, -0.15) is 0 Å². The number of hydrogen-bond acceptors (Lipinski definition) is 4. The standard InChI is InChI=1S/C11H14N2OS2/c1-16(14)8-2-5-12-11-9-4-7-15-10(9)3-6-13-11/h3-4,6-7H,2,5,8H2,1H3,(H,12,13). The van der Waals surface area contributed by atoms with Crippen LogP contribution >= 0.6 is 11.3 Å². The van der Waals surface area contributed by atoms with Gasteiger partial charge in [0, 0.05) is 45.6 Å². The van der Waals surface area contributed by atoms with Crippen molar-refractivity contribution >= 4 is 38.0 Å². The van der Waals surface area contributed by atoms with E-state index < -0.39 is 10.8 Å². The summed E-state index contributed by atoms with van der Waals surface area (Å²) >= 11 is 1.72. The third-order valence-corrected chi connectivity index (χ3v) is 4.03. The average molecular weight is 254 g/mol. The quantitative estimate of drug-likeness (QED) is 0.833. The fraction of sp³-hybridized carbons (Fsp3) is 0.364. The minimum atomic E-state index is -0.701. The van der Waals surface area contributed by atoms with E-state index in [4.69, 9.17) is 0 Å². The number of nitrogens with one attached hydrogen (secondary N) is 1. The van der Waals surface area contributed by atoms with Gasteiger partial charge in [-0.3, -0.25) is 4.21 Å². The molecule has 1 atom stereocenters. The number of fused-ring (bicyclic) bond motifs is 1. The van der Waals surface area contributed by atoms with Gasteiger partial charge in [0.2, 0.25) is 0 Å². The van der Waals surface area contributed by atoms with E-state index >= 15 is 0 Å². The summed E-state index contributed by atoms with van der Waals surface area (Å²) in [6.45, 7) is 0.821. The Hall–Kier alpha value is -0.940. The largest absolute Gasteiger partial charge is 0.370 e. The molecule has 1 unspecified atom stereocenters. The Morgan fingerprint density at radius 1 is 1.50 bits per heavy atom. The molecule has 0 amide bonds. The van der Waals surface area contributed by atoms with E-state index in [-0.39, 0.29) is 0 Å². The van der Waals surface area contributed by atoms with Crippen LogP contribution in [0.5, 0.6) is 0 Å². The van der Waals surface area contributed by atoms with Crippen LogP contribution in [-0.2, 0) is 10.8 Å². The Morgan fingerprint density at radius 2 is 2.38 bits per heavy atom. The Labute approximate surface area is 101 Å². The van der Waals surface area contributed by atoms with Crippen molar-refractivity contribution in [1.82, 2.24) is 4.98 Å². The molecule has 0 saturated carbocycles. The summed E-state index contributed by atoms with van der Waals surface area (Å²) < 4.78 is 12.1. The number of thiophene rings is 1. The van der Waals surface area contributed by atoms with Crippen LogP contribution in [0.15, 0.2) is 23.7 Å². The van der Waals surface area contributed by atoms with Gasteiger partial charge in [-0.1, -0.05) is 0 Å². The zero-order valence-corrected chi connectivity index (χ0v) is 10.7. The molecule has 0 aromatic carbocycles. The van der Waals surface area contributed by atoms with Crippen molar-refractivity contribution in [1.29, 1.82) is 0 Å². The molecule has 3 nitrogen and oxygen atoms in total. The van der Waals surface area contributed by atoms with Crippen molar-refractivity contribution in [3.8, 4) is 0 Å². The van der Waals surface area contributed by atoms with Crippen molar-refractivity contribution in [2.24, 2.45) is 0 Å². The van der Waals surface area contributed by atoms with E-state index in [0.29, 0.717) is 0 Å². The van der Waals surface area contributed by atoms with Gasteiger partial charge in [0.15, 0.2) is 0 Å². The van der Waals surface area contributed by atoms with Gasteiger partial charge in [0.25, 0.3) is 0 Å². The first kappa shape index (κ1) is 11.5. The smallest absolute Gasteiger partial charge is 0.134 e. The molecule has 2 aromatic heterocycles. The van der Waals surface area contributed by atoms with E-state index in [2.05, 4.69) is 21.7 Å². The number of aromatic nitrogens is 1. The van der Waals surface area contributed by atoms with Gasteiger partial charge < -0.3 is 5.32 Å². The Bertz CT molecular complexity index is 495. The highest BCUT2D eigenvalue weighted by Crippen LogP contribution is 2.25. The van der Waals surface area contributed by atoms with Gasteiger partial charge in [-0.15, -0.1) is 11.3 Å². The number of rotatable bonds is 5. The highest BCUT2D eigenvalue weighted by atomic mass is 32.2. The molecular formula is C11H14N2OS2. The molecule has 0 aliphatic carbocycles. The molecule has 0 spiro atoms. The summed E-state index contributed by atoms with van der Waals surface area (Å²) in [7, 11) is -0.701. The third kappa shape index (κ3) is 2.80. The van der Waals surface area contributed by atoms with Crippen molar-refractivity contribution in [3.63, 3.8) is 0 Å². The maximum atomic E-state index is 10.9. The highest BCUT2D eigenvalue weighted by molar-refractivity contribution is 7.84. The molecule has 0 radical (unpaired) electrons. The summed E-state index contributed by atoms with van der Waals surface area (Å²) in [6, 6.07) is 4.10. The molecule has 0 aliphatic heterocycles. The van der Waals surface area contributed by atoms with E-state index in [1.807, 2.05) is 12.3 Å². The first-order chi connectivity index (χ1) is 7.77. The topological polar surface area (TPSA) is 42.0 Å². The normalized spacial score (nSPS) is 12.8. The molecule has 16 heavy (non-hydrogen) atoms. The number of hydrogen-bond donors (Lipinski definition) is 1. The molecule has 0 saturated heterocycles. The van der Waals surface area contributed by atoms with Gasteiger partial charge in [-0.05, 0) is 23.9 Å². The van der Waals surface area contributed by atoms with Gasteiger partial charge in [-0.25, -0.2) is 4.98 Å². The van der Waals surface area contributed by atoms with Crippen LogP contribution in [0, 0.1) is 0 Å². The van der Waals surface area contributed by atoms with Crippen LogP contribution in [0.3, 0.4) is 0 Å². The SMILES string of the molecule is CS(=O)CCCNc1nccc2sccc12. The lowest BCUT2D eigenvalue weighted by Gasteiger charge is -2.05. The van der Waals surface area contributed by atoms with Crippen LogP contribution in [0.1, 0.15) is 6.42 Å². The Morgan fingerprint density at radius 3 is 3.19 bits per heavy atom.